The summed E-state index contributed by atoms with van der Waals surface area (Å²) < 4.78 is 49.7. The van der Waals surface area contributed by atoms with E-state index in [1.54, 1.807) is 21.9 Å². The van der Waals surface area contributed by atoms with Gasteiger partial charge in [0.1, 0.15) is 23.9 Å². The number of pyridine rings is 1. The Morgan fingerprint density at radius 3 is 2.47 bits per heavy atom. The number of piperazine rings is 1. The number of alkyl halides is 3. The molecule has 2 aromatic heterocycles. The van der Waals surface area contributed by atoms with Gasteiger partial charge in [-0.25, -0.2) is 4.98 Å². The highest BCUT2D eigenvalue weighted by atomic mass is 35.5. The number of nitrogens with zero attached hydrogens (tertiary/aromatic N) is 3. The number of benzene rings is 1. The second kappa shape index (κ2) is 9.12. The summed E-state index contributed by atoms with van der Waals surface area (Å²) in [5.74, 6) is 1.43. The number of hydrogen-bond acceptors (Lipinski definition) is 5. The van der Waals surface area contributed by atoms with Crippen LogP contribution in [0.25, 0.3) is 0 Å². The Morgan fingerprint density at radius 1 is 1.09 bits per heavy atom. The molecule has 1 aromatic carbocycles. The Bertz CT molecular complexity index is 1080. The van der Waals surface area contributed by atoms with Gasteiger partial charge in [-0.2, -0.15) is 13.2 Å². The Labute approximate surface area is 187 Å². The average molecular weight is 466 g/mol. The summed E-state index contributed by atoms with van der Waals surface area (Å²) in [5.41, 5.74) is -0.898. The quantitative estimate of drug-likeness (QED) is 0.537. The van der Waals surface area contributed by atoms with E-state index in [1.165, 1.54) is 0 Å². The van der Waals surface area contributed by atoms with Crippen LogP contribution in [-0.4, -0.2) is 42.0 Å². The van der Waals surface area contributed by atoms with E-state index in [0.717, 1.165) is 12.3 Å². The molecule has 0 atom stereocenters. The lowest BCUT2D eigenvalue weighted by Crippen LogP contribution is -2.49. The summed E-state index contributed by atoms with van der Waals surface area (Å²) in [6.07, 6.45) is -3.74. The van der Waals surface area contributed by atoms with Gasteiger partial charge in [0.2, 0.25) is 0 Å². The van der Waals surface area contributed by atoms with Gasteiger partial charge in [0, 0.05) is 32.4 Å². The van der Waals surface area contributed by atoms with E-state index >= 15 is 0 Å². The van der Waals surface area contributed by atoms with Gasteiger partial charge >= 0.3 is 6.18 Å². The van der Waals surface area contributed by atoms with Gasteiger partial charge in [0.15, 0.2) is 5.76 Å². The first-order valence-corrected chi connectivity index (χ1v) is 10.2. The number of halogens is 4. The summed E-state index contributed by atoms with van der Waals surface area (Å²) in [4.78, 5) is 20.0. The highest BCUT2D eigenvalue weighted by Crippen LogP contribution is 2.33. The van der Waals surface area contributed by atoms with Crippen molar-refractivity contribution in [3.63, 3.8) is 0 Å². The van der Waals surface area contributed by atoms with Crippen LogP contribution >= 0.6 is 11.6 Å². The molecule has 1 saturated heterocycles. The van der Waals surface area contributed by atoms with Crippen LogP contribution in [-0.2, 0) is 12.8 Å². The van der Waals surface area contributed by atoms with Crippen molar-refractivity contribution in [2.45, 2.75) is 12.8 Å². The molecule has 0 spiro atoms. The van der Waals surface area contributed by atoms with Gasteiger partial charge in [0.05, 0.1) is 10.6 Å². The van der Waals surface area contributed by atoms with Gasteiger partial charge in [-0.15, -0.1) is 0 Å². The molecule has 10 heteroatoms. The fourth-order valence-corrected chi connectivity index (χ4v) is 3.62. The van der Waals surface area contributed by atoms with Crippen LogP contribution < -0.4 is 9.64 Å². The summed E-state index contributed by atoms with van der Waals surface area (Å²) in [6, 6.07) is 13.4. The fourth-order valence-electron chi connectivity index (χ4n) is 3.34. The van der Waals surface area contributed by atoms with Crippen LogP contribution in [0.4, 0.5) is 19.0 Å². The van der Waals surface area contributed by atoms with Gasteiger partial charge in [-0.05, 0) is 30.3 Å². The van der Waals surface area contributed by atoms with Crippen molar-refractivity contribution in [1.82, 2.24) is 9.88 Å². The van der Waals surface area contributed by atoms with Gasteiger partial charge in [-0.3, -0.25) is 4.79 Å². The van der Waals surface area contributed by atoms with E-state index in [4.69, 9.17) is 20.8 Å². The molecule has 0 N–H and O–H groups in total. The molecule has 168 valence electrons. The molecular formula is C22H19ClF3N3O3. The lowest BCUT2D eigenvalue weighted by Gasteiger charge is -2.35. The Morgan fingerprint density at radius 2 is 1.81 bits per heavy atom. The van der Waals surface area contributed by atoms with E-state index in [0.29, 0.717) is 37.7 Å². The lowest BCUT2D eigenvalue weighted by molar-refractivity contribution is -0.137. The maximum Gasteiger partial charge on any atom is 0.417 e. The maximum absolute atomic E-state index is 12.8. The second-order valence-corrected chi connectivity index (χ2v) is 7.58. The minimum absolute atomic E-state index is 0.0753. The summed E-state index contributed by atoms with van der Waals surface area (Å²) >= 11 is 6.03. The monoisotopic (exact) mass is 465 g/mol. The van der Waals surface area contributed by atoms with Crippen LogP contribution in [0.5, 0.6) is 5.75 Å². The minimum Gasteiger partial charge on any atom is -0.486 e. The average Bonchev–Trinajstić information content (AvgIpc) is 3.26. The topological polar surface area (TPSA) is 58.8 Å². The Kier molecular flexibility index (Phi) is 6.27. The number of hydrogen-bond donors (Lipinski definition) is 0. The van der Waals surface area contributed by atoms with Crippen LogP contribution in [0, 0.1) is 0 Å². The molecule has 4 rings (SSSR count). The molecular weight excluding hydrogens is 447 g/mol. The van der Waals surface area contributed by atoms with Crippen molar-refractivity contribution in [3.05, 3.63) is 76.8 Å². The number of carbonyl (C=O) groups is 1. The molecule has 1 amide bonds. The lowest BCUT2D eigenvalue weighted by atomic mass is 10.2. The molecule has 1 aliphatic rings. The number of aromatic nitrogens is 1. The van der Waals surface area contributed by atoms with Crippen molar-refractivity contribution in [3.8, 4) is 5.75 Å². The highest BCUT2D eigenvalue weighted by molar-refractivity contribution is 6.33. The number of furan rings is 1. The summed E-state index contributed by atoms with van der Waals surface area (Å²) in [5, 5.41) is -0.0753. The molecule has 0 radical (unpaired) electrons. The van der Waals surface area contributed by atoms with Crippen molar-refractivity contribution < 1.29 is 27.1 Å². The first kappa shape index (κ1) is 22.0. The van der Waals surface area contributed by atoms with Crippen LogP contribution in [0.15, 0.2) is 59.1 Å². The number of para-hydroxylation sites is 1. The molecule has 0 saturated carbocycles. The van der Waals surface area contributed by atoms with Crippen LogP contribution in [0.1, 0.15) is 21.9 Å². The third kappa shape index (κ3) is 4.99. The second-order valence-electron chi connectivity index (χ2n) is 7.17. The zero-order valence-electron chi connectivity index (χ0n) is 16.8. The molecule has 0 bridgehead atoms. The largest absolute Gasteiger partial charge is 0.486 e. The van der Waals surface area contributed by atoms with E-state index in [-0.39, 0.29) is 29.1 Å². The summed E-state index contributed by atoms with van der Waals surface area (Å²) in [7, 11) is 0. The van der Waals surface area contributed by atoms with E-state index in [9.17, 15) is 18.0 Å². The van der Waals surface area contributed by atoms with Gasteiger partial charge < -0.3 is 19.0 Å². The third-order valence-corrected chi connectivity index (χ3v) is 5.29. The van der Waals surface area contributed by atoms with Crippen molar-refractivity contribution in [2.24, 2.45) is 0 Å². The summed E-state index contributed by atoms with van der Waals surface area (Å²) in [6.45, 7) is 1.68. The van der Waals surface area contributed by atoms with Crippen molar-refractivity contribution >= 4 is 23.3 Å². The van der Waals surface area contributed by atoms with Gasteiger partial charge in [0.25, 0.3) is 5.91 Å². The smallest absolute Gasteiger partial charge is 0.417 e. The van der Waals surface area contributed by atoms with E-state index in [2.05, 4.69) is 4.98 Å². The van der Waals surface area contributed by atoms with Crippen LogP contribution in [0.2, 0.25) is 5.02 Å². The minimum atomic E-state index is -4.51. The van der Waals surface area contributed by atoms with E-state index in [1.807, 2.05) is 30.3 Å². The number of rotatable bonds is 5. The zero-order valence-corrected chi connectivity index (χ0v) is 17.6. The molecule has 0 aliphatic carbocycles. The van der Waals surface area contributed by atoms with Crippen molar-refractivity contribution in [2.75, 3.05) is 31.1 Å². The Balaban J connectivity index is 1.33. The van der Waals surface area contributed by atoms with E-state index < -0.39 is 11.7 Å². The number of anilines is 1. The predicted octanol–water partition coefficient (Wildman–Crippen LogP) is 4.89. The van der Waals surface area contributed by atoms with Crippen molar-refractivity contribution in [1.29, 1.82) is 0 Å². The number of ether oxygens (including phenoxy) is 1. The molecule has 32 heavy (non-hydrogen) atoms. The number of amides is 1. The molecule has 6 nitrogen and oxygen atoms in total. The molecule has 3 aromatic rings. The Hall–Kier alpha value is -3.20. The SMILES string of the molecule is O=C(c1ccc(COc2ccccc2)o1)N1CCN(c2ncc(C(F)(F)F)cc2Cl)CC1. The molecule has 1 aliphatic heterocycles. The zero-order chi connectivity index (χ0) is 22.7. The standard InChI is InChI=1S/C22H19ClF3N3O3/c23-18-12-15(22(24,25)26)13-27-20(18)28-8-10-29(11-9-28)21(30)19-7-6-17(32-19)14-31-16-4-2-1-3-5-16/h1-7,12-13H,8-11,14H2. The first-order valence-electron chi connectivity index (χ1n) is 9.85. The van der Waals surface area contributed by atoms with Crippen LogP contribution in [0.3, 0.4) is 0 Å². The molecule has 3 heterocycles. The fraction of sp³-hybridized carbons (Fsp3) is 0.273. The normalized spacial score (nSPS) is 14.5. The highest BCUT2D eigenvalue weighted by Gasteiger charge is 2.32. The molecule has 0 unspecified atom stereocenters. The first-order chi connectivity index (χ1) is 15.3. The molecule has 1 fully saturated rings. The van der Waals surface area contributed by atoms with Gasteiger partial charge in [-0.1, -0.05) is 29.8 Å². The maximum atomic E-state index is 12.8. The number of carbonyl (C=O) groups excluding carboxylic acids is 1. The third-order valence-electron chi connectivity index (χ3n) is 5.01. The predicted molar refractivity (Wildman–Crippen MR) is 112 cm³/mol.